The number of carbonyl (C=O) groups is 3. The minimum absolute atomic E-state index is 0.0642. The molecular formula is C29H33N3O5. The number of H-pyrrole nitrogens is 1. The number of benzene rings is 2. The lowest BCUT2D eigenvalue weighted by molar-refractivity contribution is -0.123. The molecule has 8 nitrogen and oxygen atoms in total. The van der Waals surface area contributed by atoms with Crippen LogP contribution in [-0.4, -0.2) is 38.8 Å². The number of aryl methyl sites for hydroxylation is 1. The second-order valence-corrected chi connectivity index (χ2v) is 9.40. The number of ketones is 1. The van der Waals surface area contributed by atoms with E-state index in [-0.39, 0.29) is 35.3 Å². The Morgan fingerprint density at radius 2 is 1.57 bits per heavy atom. The van der Waals surface area contributed by atoms with Crippen LogP contribution in [0.25, 0.3) is 6.08 Å². The topological polar surface area (TPSA) is 132 Å². The van der Waals surface area contributed by atoms with Gasteiger partial charge in [0.25, 0.3) is 0 Å². The fraction of sp³-hybridized carbons (Fsp3) is 0.276. The van der Waals surface area contributed by atoms with Crippen molar-refractivity contribution in [1.82, 2.24) is 15.6 Å². The summed E-state index contributed by atoms with van der Waals surface area (Å²) in [6.07, 6.45) is 3.02. The quantitative estimate of drug-likeness (QED) is 0.208. The lowest BCUT2D eigenvalue weighted by Crippen LogP contribution is -2.45. The molecule has 2 aromatic carbocycles. The van der Waals surface area contributed by atoms with Gasteiger partial charge in [0, 0.05) is 11.6 Å². The zero-order valence-electron chi connectivity index (χ0n) is 21.4. The van der Waals surface area contributed by atoms with Gasteiger partial charge in [-0.3, -0.25) is 19.4 Å². The van der Waals surface area contributed by atoms with Gasteiger partial charge >= 0.3 is 0 Å². The van der Waals surface area contributed by atoms with Gasteiger partial charge in [0.1, 0.15) is 0 Å². The Morgan fingerprint density at radius 3 is 2.14 bits per heavy atom. The fourth-order valence-electron chi connectivity index (χ4n) is 3.98. The van der Waals surface area contributed by atoms with Crippen LogP contribution in [0.15, 0.2) is 60.7 Å². The molecule has 1 aromatic heterocycles. The van der Waals surface area contributed by atoms with Crippen LogP contribution in [0.1, 0.15) is 58.9 Å². The van der Waals surface area contributed by atoms with Gasteiger partial charge in [-0.15, -0.1) is 0 Å². The first-order valence-electron chi connectivity index (χ1n) is 12.1. The number of hydrogen-bond donors (Lipinski definition) is 5. The maximum atomic E-state index is 13.2. The Bertz CT molecular complexity index is 1280. The molecule has 194 valence electrons. The van der Waals surface area contributed by atoms with Crippen molar-refractivity contribution in [2.75, 3.05) is 0 Å². The molecule has 3 rings (SSSR count). The van der Waals surface area contributed by atoms with Crippen LogP contribution in [0.4, 0.5) is 0 Å². The number of rotatable bonds is 10. The van der Waals surface area contributed by atoms with Gasteiger partial charge in [0.2, 0.25) is 17.7 Å². The van der Waals surface area contributed by atoms with Crippen molar-refractivity contribution in [1.29, 1.82) is 0 Å². The maximum absolute atomic E-state index is 13.2. The van der Waals surface area contributed by atoms with E-state index in [4.69, 9.17) is 0 Å². The zero-order chi connectivity index (χ0) is 27.1. The number of aromatic nitrogens is 1. The molecule has 0 aliphatic heterocycles. The van der Waals surface area contributed by atoms with E-state index in [9.17, 15) is 24.6 Å². The highest BCUT2D eigenvalue weighted by molar-refractivity contribution is 6.05. The van der Waals surface area contributed by atoms with Gasteiger partial charge in [-0.25, -0.2) is 0 Å². The molecular weight excluding hydrogens is 470 g/mol. The molecule has 5 N–H and O–H groups in total. The number of Topliss-reactive ketones (excluding diaryl/α,β-unsaturated/α-hetero) is 1. The average molecular weight is 504 g/mol. The molecule has 3 aromatic rings. The van der Waals surface area contributed by atoms with E-state index in [2.05, 4.69) is 15.6 Å². The second-order valence-electron chi connectivity index (χ2n) is 9.40. The summed E-state index contributed by atoms with van der Waals surface area (Å²) in [5, 5.41) is 25.5. The first-order valence-corrected chi connectivity index (χ1v) is 12.1. The van der Waals surface area contributed by atoms with Gasteiger partial charge in [0.15, 0.2) is 11.7 Å². The Balaban J connectivity index is 1.75. The summed E-state index contributed by atoms with van der Waals surface area (Å²) in [6, 6.07) is 15.3. The predicted molar refractivity (Wildman–Crippen MR) is 142 cm³/mol. The van der Waals surface area contributed by atoms with Crippen LogP contribution in [0.5, 0.6) is 11.8 Å². The monoisotopic (exact) mass is 503 g/mol. The Kier molecular flexibility index (Phi) is 8.90. The van der Waals surface area contributed by atoms with E-state index in [1.54, 1.807) is 19.9 Å². The second kappa shape index (κ2) is 12.1. The summed E-state index contributed by atoms with van der Waals surface area (Å²) in [5.41, 5.74) is 2.88. The van der Waals surface area contributed by atoms with Gasteiger partial charge in [0.05, 0.1) is 24.1 Å². The van der Waals surface area contributed by atoms with Crippen molar-refractivity contribution in [3.8, 4) is 11.8 Å². The van der Waals surface area contributed by atoms with E-state index in [0.717, 1.165) is 16.7 Å². The molecule has 0 spiro atoms. The van der Waals surface area contributed by atoms with E-state index in [1.165, 1.54) is 13.0 Å². The normalized spacial score (nSPS) is 12.9. The predicted octanol–water partition coefficient (Wildman–Crippen LogP) is 4.33. The van der Waals surface area contributed by atoms with Crippen LogP contribution in [0, 0.1) is 19.8 Å². The van der Waals surface area contributed by atoms with Crippen LogP contribution in [0.3, 0.4) is 0 Å². The van der Waals surface area contributed by atoms with E-state index in [1.807, 2.05) is 61.5 Å². The SMILES string of the molecule is Cc1ccc(C=CC(=O)N[C@@H](CC(=O)N[C@H](C(=O)c2c(O)[nH]c(O)c2C)C(C)C)c2ccccc2)cc1. The fourth-order valence-corrected chi connectivity index (χ4v) is 3.98. The van der Waals surface area contributed by atoms with Crippen LogP contribution in [-0.2, 0) is 9.59 Å². The summed E-state index contributed by atoms with van der Waals surface area (Å²) in [4.78, 5) is 41.3. The number of carbonyl (C=O) groups excluding carboxylic acids is 3. The molecule has 0 bridgehead atoms. The third-order valence-electron chi connectivity index (χ3n) is 6.13. The van der Waals surface area contributed by atoms with Crippen molar-refractivity contribution in [3.05, 3.63) is 88.5 Å². The molecule has 0 unspecified atom stereocenters. The first kappa shape index (κ1) is 27.3. The van der Waals surface area contributed by atoms with Gasteiger partial charge < -0.3 is 20.8 Å². The lowest BCUT2D eigenvalue weighted by atomic mass is 9.93. The molecule has 0 aliphatic carbocycles. The highest BCUT2D eigenvalue weighted by Crippen LogP contribution is 2.30. The number of aromatic hydroxyl groups is 2. The van der Waals surface area contributed by atoms with Crippen LogP contribution in [0.2, 0.25) is 0 Å². The van der Waals surface area contributed by atoms with Gasteiger partial charge in [-0.05, 0) is 37.0 Å². The summed E-state index contributed by atoms with van der Waals surface area (Å²) >= 11 is 0. The molecule has 0 saturated heterocycles. The minimum atomic E-state index is -0.944. The van der Waals surface area contributed by atoms with Crippen molar-refractivity contribution in [3.63, 3.8) is 0 Å². The van der Waals surface area contributed by atoms with Crippen LogP contribution >= 0.6 is 0 Å². The van der Waals surface area contributed by atoms with Crippen molar-refractivity contribution >= 4 is 23.7 Å². The molecule has 0 aliphatic rings. The number of amides is 2. The summed E-state index contributed by atoms with van der Waals surface area (Å²) in [5.74, 6) is -2.37. The van der Waals surface area contributed by atoms with Crippen molar-refractivity contribution < 1.29 is 24.6 Å². The van der Waals surface area contributed by atoms with Crippen molar-refractivity contribution in [2.45, 2.75) is 46.2 Å². The minimum Gasteiger partial charge on any atom is -0.494 e. The summed E-state index contributed by atoms with van der Waals surface area (Å²) in [7, 11) is 0. The van der Waals surface area contributed by atoms with E-state index < -0.39 is 29.7 Å². The Morgan fingerprint density at radius 1 is 0.919 bits per heavy atom. The Hall–Kier alpha value is -4.33. The first-order chi connectivity index (χ1) is 17.6. The molecule has 0 fully saturated rings. The molecule has 1 heterocycles. The number of hydrogen-bond acceptors (Lipinski definition) is 5. The number of aromatic amines is 1. The highest BCUT2D eigenvalue weighted by Gasteiger charge is 2.31. The third kappa shape index (κ3) is 7.10. The largest absolute Gasteiger partial charge is 0.494 e. The molecule has 0 radical (unpaired) electrons. The molecule has 2 atom stereocenters. The summed E-state index contributed by atoms with van der Waals surface area (Å²) < 4.78 is 0. The number of nitrogens with one attached hydrogen (secondary N) is 3. The highest BCUT2D eigenvalue weighted by atomic mass is 16.3. The maximum Gasteiger partial charge on any atom is 0.244 e. The molecule has 0 saturated carbocycles. The zero-order valence-corrected chi connectivity index (χ0v) is 21.4. The molecule has 2 amide bonds. The van der Waals surface area contributed by atoms with Crippen molar-refractivity contribution in [2.24, 2.45) is 5.92 Å². The summed E-state index contributed by atoms with van der Waals surface area (Å²) in [6.45, 7) is 7.03. The third-order valence-corrected chi connectivity index (χ3v) is 6.13. The smallest absolute Gasteiger partial charge is 0.244 e. The molecule has 37 heavy (non-hydrogen) atoms. The standard InChI is InChI=1S/C29H33N3O5/c1-17(2)26(27(35)25-19(4)28(36)32-29(25)37)31-24(34)16-22(21-8-6-5-7-9-21)30-23(33)15-14-20-12-10-18(3)11-13-20/h5-15,17,22,26,32,36-37H,16H2,1-4H3,(H,30,33)(H,31,34)/t22-,26-/m0/s1. The Labute approximate surface area is 216 Å². The molecule has 8 heteroatoms. The van der Waals surface area contributed by atoms with Crippen LogP contribution < -0.4 is 10.6 Å². The van der Waals surface area contributed by atoms with Gasteiger partial charge in [-0.1, -0.05) is 74.0 Å². The van der Waals surface area contributed by atoms with E-state index in [0.29, 0.717) is 0 Å². The van der Waals surface area contributed by atoms with Gasteiger partial charge in [-0.2, -0.15) is 0 Å². The average Bonchev–Trinajstić information content (AvgIpc) is 3.12. The van der Waals surface area contributed by atoms with E-state index >= 15 is 0 Å². The lowest BCUT2D eigenvalue weighted by Gasteiger charge is -2.24.